The molecule has 16 heavy (non-hydrogen) atoms. The molecule has 0 bridgehead atoms. The first kappa shape index (κ1) is 10.7. The minimum Gasteiger partial charge on any atom is -0.361 e. The highest BCUT2D eigenvalue weighted by molar-refractivity contribution is 7.80. The Morgan fingerprint density at radius 2 is 2.50 bits per heavy atom. The summed E-state index contributed by atoms with van der Waals surface area (Å²) in [5, 5.41) is 9.55. The topological polar surface area (TPSA) is 56.2 Å². The third kappa shape index (κ3) is 2.60. The van der Waals surface area contributed by atoms with Crippen molar-refractivity contribution in [2.45, 2.75) is 13.5 Å². The van der Waals surface area contributed by atoms with Crippen LogP contribution in [0.2, 0.25) is 0 Å². The van der Waals surface area contributed by atoms with E-state index in [-0.39, 0.29) is 0 Å². The minimum absolute atomic E-state index is 0.574. The lowest BCUT2D eigenvalue weighted by atomic mass is 10.4. The highest BCUT2D eigenvalue weighted by Gasteiger charge is 2.02. The van der Waals surface area contributed by atoms with E-state index in [2.05, 4.69) is 27.5 Å². The smallest absolute Gasteiger partial charge is 0.173 e. The molecule has 0 amide bonds. The summed E-state index contributed by atoms with van der Waals surface area (Å²) in [5.74, 6) is 1.42. The maximum Gasteiger partial charge on any atom is 0.173 e. The van der Waals surface area contributed by atoms with Crippen LogP contribution < -0.4 is 0 Å². The molecule has 0 N–H and O–H groups in total. The molecule has 82 valence electrons. The van der Waals surface area contributed by atoms with Gasteiger partial charge in [0.25, 0.3) is 0 Å². The van der Waals surface area contributed by atoms with Crippen molar-refractivity contribution in [3.05, 3.63) is 29.8 Å². The van der Waals surface area contributed by atoms with Crippen molar-refractivity contribution >= 4 is 29.6 Å². The first-order chi connectivity index (χ1) is 7.78. The number of nitrogens with zero attached hydrogens (tertiary/aromatic N) is 4. The monoisotopic (exact) mass is 234 g/mol. The second-order valence-corrected chi connectivity index (χ2v) is 3.49. The number of thiocarbonyl (C=S) groups is 1. The second kappa shape index (κ2) is 4.80. The molecule has 0 fully saturated rings. The predicted molar refractivity (Wildman–Crippen MR) is 64.4 cm³/mol. The molecule has 0 aliphatic heterocycles. The quantitative estimate of drug-likeness (QED) is 0.599. The Kier molecular flexibility index (Phi) is 3.21. The molecule has 5 nitrogen and oxygen atoms in total. The summed E-state index contributed by atoms with van der Waals surface area (Å²) >= 11 is 4.63. The Bertz CT molecular complexity index is 514. The van der Waals surface area contributed by atoms with Gasteiger partial charge in [-0.1, -0.05) is 17.4 Å². The molecule has 0 aromatic carbocycles. The lowest BCUT2D eigenvalue weighted by molar-refractivity contribution is 0.388. The normalized spacial score (nSPS) is 11.1. The van der Waals surface area contributed by atoms with E-state index in [1.807, 2.05) is 25.3 Å². The van der Waals surface area contributed by atoms with Gasteiger partial charge in [0.1, 0.15) is 11.5 Å². The van der Waals surface area contributed by atoms with Gasteiger partial charge in [0.05, 0.1) is 6.54 Å². The number of hydrogen-bond donors (Lipinski definition) is 0. The zero-order chi connectivity index (χ0) is 11.4. The second-order valence-electron chi connectivity index (χ2n) is 3.21. The molecular weight excluding hydrogens is 224 g/mol. The number of rotatable bonds is 4. The van der Waals surface area contributed by atoms with Crippen molar-refractivity contribution in [3.63, 3.8) is 0 Å². The maximum atomic E-state index is 4.97. The molecule has 2 aromatic heterocycles. The number of aromatic nitrogens is 3. The molecule has 0 unspecified atom stereocenters. The molecule has 0 saturated carbocycles. The summed E-state index contributed by atoms with van der Waals surface area (Å²) in [6, 6.07) is 3.68. The van der Waals surface area contributed by atoms with E-state index in [1.165, 1.54) is 11.6 Å². The van der Waals surface area contributed by atoms with Gasteiger partial charge in [-0.2, -0.15) is 5.10 Å². The third-order valence-electron chi connectivity index (χ3n) is 1.90. The summed E-state index contributed by atoms with van der Waals surface area (Å²) in [5.41, 5.74) is 0.839. The van der Waals surface area contributed by atoms with Crippen LogP contribution in [0.3, 0.4) is 0 Å². The Hall–Kier alpha value is -1.82. The summed E-state index contributed by atoms with van der Waals surface area (Å²) in [6.07, 6.45) is 3.36. The van der Waals surface area contributed by atoms with Crippen LogP contribution in [-0.2, 0) is 6.54 Å². The summed E-state index contributed by atoms with van der Waals surface area (Å²) in [7, 11) is 0. The van der Waals surface area contributed by atoms with Gasteiger partial charge in [0, 0.05) is 29.9 Å². The minimum atomic E-state index is 0.574. The average molecular weight is 234 g/mol. The van der Waals surface area contributed by atoms with Gasteiger partial charge in [-0.3, -0.25) is 4.68 Å². The fraction of sp³-hybridized carbons (Fsp3) is 0.200. The van der Waals surface area contributed by atoms with Crippen molar-refractivity contribution in [3.8, 4) is 0 Å². The van der Waals surface area contributed by atoms with Gasteiger partial charge < -0.3 is 4.52 Å². The van der Waals surface area contributed by atoms with E-state index >= 15 is 0 Å². The Morgan fingerprint density at radius 1 is 1.62 bits per heavy atom. The first-order valence-corrected chi connectivity index (χ1v) is 5.18. The fourth-order valence-electron chi connectivity index (χ4n) is 1.27. The molecule has 0 radical (unpaired) electrons. The SMILES string of the molecule is Cc1cc(Cn2ccc(N=CC=S)n2)no1. The molecule has 0 aliphatic carbocycles. The van der Waals surface area contributed by atoms with Crippen molar-refractivity contribution < 1.29 is 4.52 Å². The molecule has 0 aliphatic rings. The fourth-order valence-corrected chi connectivity index (χ4v) is 1.33. The van der Waals surface area contributed by atoms with Crippen molar-refractivity contribution in [1.82, 2.24) is 14.9 Å². The van der Waals surface area contributed by atoms with Gasteiger partial charge in [-0.25, -0.2) is 4.99 Å². The third-order valence-corrected chi connectivity index (χ3v) is 2.02. The molecule has 0 saturated heterocycles. The summed E-state index contributed by atoms with van der Waals surface area (Å²) in [6.45, 7) is 2.43. The molecule has 0 atom stereocenters. The van der Waals surface area contributed by atoms with E-state index in [1.54, 1.807) is 4.68 Å². The summed E-state index contributed by atoms with van der Waals surface area (Å²) < 4.78 is 6.71. The van der Waals surface area contributed by atoms with Crippen LogP contribution in [0.1, 0.15) is 11.5 Å². The van der Waals surface area contributed by atoms with Gasteiger partial charge in [0.15, 0.2) is 5.82 Å². The van der Waals surface area contributed by atoms with Crippen molar-refractivity contribution in [2.24, 2.45) is 4.99 Å². The van der Waals surface area contributed by atoms with Crippen LogP contribution in [0.4, 0.5) is 5.82 Å². The Labute approximate surface area is 97.8 Å². The van der Waals surface area contributed by atoms with E-state index in [0.29, 0.717) is 12.4 Å². The van der Waals surface area contributed by atoms with Crippen LogP contribution in [0.15, 0.2) is 27.8 Å². The van der Waals surface area contributed by atoms with E-state index in [4.69, 9.17) is 4.52 Å². The zero-order valence-electron chi connectivity index (χ0n) is 8.70. The van der Waals surface area contributed by atoms with Crippen molar-refractivity contribution in [2.75, 3.05) is 0 Å². The van der Waals surface area contributed by atoms with Crippen molar-refractivity contribution in [1.29, 1.82) is 0 Å². The van der Waals surface area contributed by atoms with Crippen LogP contribution in [0, 0.1) is 6.92 Å². The van der Waals surface area contributed by atoms with E-state index in [9.17, 15) is 0 Å². The number of aryl methyl sites for hydroxylation is 1. The van der Waals surface area contributed by atoms with Gasteiger partial charge in [0.2, 0.25) is 0 Å². The Balaban J connectivity index is 2.08. The molecule has 2 rings (SSSR count). The highest BCUT2D eigenvalue weighted by Crippen LogP contribution is 2.08. The predicted octanol–water partition coefficient (Wildman–Crippen LogP) is 1.93. The van der Waals surface area contributed by atoms with Gasteiger partial charge >= 0.3 is 0 Å². The van der Waals surface area contributed by atoms with E-state index < -0.39 is 0 Å². The lowest BCUT2D eigenvalue weighted by Crippen LogP contribution is -1.99. The molecule has 2 heterocycles. The maximum absolute atomic E-state index is 4.97. The zero-order valence-corrected chi connectivity index (χ0v) is 9.52. The number of aliphatic imine (C=N–C) groups is 1. The van der Waals surface area contributed by atoms with Gasteiger partial charge in [-0.05, 0) is 6.92 Å². The first-order valence-electron chi connectivity index (χ1n) is 4.71. The Morgan fingerprint density at radius 3 is 3.19 bits per heavy atom. The number of hydrogen-bond acceptors (Lipinski definition) is 5. The van der Waals surface area contributed by atoms with Crippen LogP contribution in [0.5, 0.6) is 0 Å². The standard InChI is InChI=1S/C10H10N4OS/c1-8-6-9(13-15-8)7-14-4-2-10(12-14)11-3-5-16/h2-6H,7H2,1H3. The van der Waals surface area contributed by atoms with Crippen LogP contribution in [0.25, 0.3) is 0 Å². The van der Waals surface area contributed by atoms with Crippen LogP contribution >= 0.6 is 12.2 Å². The lowest BCUT2D eigenvalue weighted by Gasteiger charge is -1.94. The molecule has 2 aromatic rings. The highest BCUT2D eigenvalue weighted by atomic mass is 32.1. The molecular formula is C10H10N4OS. The molecule has 0 spiro atoms. The van der Waals surface area contributed by atoms with E-state index in [0.717, 1.165) is 11.5 Å². The largest absolute Gasteiger partial charge is 0.361 e. The average Bonchev–Trinajstić information content (AvgIpc) is 2.86. The molecule has 6 heteroatoms. The summed E-state index contributed by atoms with van der Waals surface area (Å²) in [4.78, 5) is 4.03. The van der Waals surface area contributed by atoms with Crippen LogP contribution in [-0.4, -0.2) is 26.5 Å². The van der Waals surface area contributed by atoms with Gasteiger partial charge in [-0.15, -0.1) is 0 Å².